The van der Waals surface area contributed by atoms with Gasteiger partial charge in [0.25, 0.3) is 5.91 Å². The summed E-state index contributed by atoms with van der Waals surface area (Å²) in [6.07, 6.45) is 4.05. The summed E-state index contributed by atoms with van der Waals surface area (Å²) >= 11 is 1.45. The third-order valence-electron chi connectivity index (χ3n) is 11.4. The van der Waals surface area contributed by atoms with E-state index in [0.717, 1.165) is 11.3 Å². The molecule has 7 rings (SSSR count). The van der Waals surface area contributed by atoms with E-state index in [1.165, 1.54) is 16.2 Å². The average molecular weight is 879 g/mol. The number of rotatable bonds is 10. The summed E-state index contributed by atoms with van der Waals surface area (Å²) in [5, 5.41) is 8.22. The number of thiazole rings is 1. The highest BCUT2D eigenvalue weighted by Crippen LogP contribution is 2.46. The molecule has 0 bridgehead atoms. The molecule has 1 unspecified atom stereocenters. The fourth-order valence-electron chi connectivity index (χ4n) is 7.86. The molecular weight excluding hydrogens is 825 g/mol. The van der Waals surface area contributed by atoms with Crippen LogP contribution >= 0.6 is 11.3 Å². The predicted molar refractivity (Wildman–Crippen MR) is 227 cm³/mol. The van der Waals surface area contributed by atoms with Gasteiger partial charge in [-0.15, -0.1) is 11.3 Å². The van der Waals surface area contributed by atoms with Crippen LogP contribution in [-0.4, -0.2) is 101 Å². The first-order valence-corrected chi connectivity index (χ1v) is 23.2. The maximum Gasteiger partial charge on any atom is 0.308 e. The Kier molecular flexibility index (Phi) is 12.2. The Morgan fingerprint density at radius 3 is 2.54 bits per heavy atom. The van der Waals surface area contributed by atoms with E-state index >= 15 is 0 Å². The highest BCUT2D eigenvalue weighted by molar-refractivity contribution is 7.91. The monoisotopic (exact) mass is 878 g/mol. The maximum atomic E-state index is 14.7. The van der Waals surface area contributed by atoms with E-state index in [4.69, 9.17) is 24.2 Å². The Bertz CT molecular complexity index is 2390. The van der Waals surface area contributed by atoms with Gasteiger partial charge in [0.15, 0.2) is 0 Å². The number of methoxy groups -OCH3 is 1. The van der Waals surface area contributed by atoms with E-state index in [1.54, 1.807) is 52.2 Å². The molecule has 3 fully saturated rings. The van der Waals surface area contributed by atoms with Crippen molar-refractivity contribution in [3.63, 3.8) is 0 Å². The number of nitrogens with one attached hydrogen (secondary N) is 3. The summed E-state index contributed by atoms with van der Waals surface area (Å²) in [6, 6.07) is 2.76. The molecule has 2 aromatic heterocycles. The van der Waals surface area contributed by atoms with Gasteiger partial charge in [0.05, 0.1) is 36.5 Å². The normalized spacial score (nSPS) is 25.4. The molecule has 16 nitrogen and oxygen atoms in total. The van der Waals surface area contributed by atoms with Gasteiger partial charge in [-0.1, -0.05) is 26.0 Å². The van der Waals surface area contributed by atoms with Crippen molar-refractivity contribution in [2.24, 2.45) is 5.92 Å². The molecule has 3 N–H and O–H groups in total. The van der Waals surface area contributed by atoms with E-state index < -0.39 is 86.5 Å². The summed E-state index contributed by atoms with van der Waals surface area (Å²) in [6.45, 7) is 10.9. The van der Waals surface area contributed by atoms with Gasteiger partial charge in [0.2, 0.25) is 27.7 Å². The Morgan fingerprint density at radius 2 is 1.87 bits per heavy atom. The molecule has 4 aliphatic rings. The number of hydrogen-bond acceptors (Lipinski definition) is 13. The third-order valence-corrected chi connectivity index (χ3v) is 14.1. The van der Waals surface area contributed by atoms with Crippen molar-refractivity contribution in [2.75, 3.05) is 13.7 Å². The molecule has 1 aromatic carbocycles. The van der Waals surface area contributed by atoms with Gasteiger partial charge in [-0.25, -0.2) is 18.4 Å². The quantitative estimate of drug-likeness (QED) is 0.189. The third kappa shape index (κ3) is 9.69. The van der Waals surface area contributed by atoms with E-state index in [1.807, 2.05) is 18.4 Å². The molecular formula is C43H54N6O10S2. The topological polar surface area (TPSA) is 212 Å². The summed E-state index contributed by atoms with van der Waals surface area (Å²) in [5.74, 6) is -2.78. The van der Waals surface area contributed by atoms with Gasteiger partial charge in [-0.05, 0) is 77.8 Å². The van der Waals surface area contributed by atoms with E-state index in [0.29, 0.717) is 58.8 Å². The molecule has 3 aromatic rings. The Morgan fingerprint density at radius 1 is 1.11 bits per heavy atom. The Labute approximate surface area is 359 Å². The maximum absolute atomic E-state index is 14.7. The first-order chi connectivity index (χ1) is 28.8. The van der Waals surface area contributed by atoms with Crippen molar-refractivity contribution in [1.29, 1.82) is 0 Å². The zero-order valence-electron chi connectivity index (χ0n) is 35.5. The van der Waals surface area contributed by atoms with E-state index in [9.17, 15) is 32.4 Å². The molecule has 1 saturated heterocycles. The van der Waals surface area contributed by atoms with Crippen LogP contribution in [0.15, 0.2) is 35.7 Å². The van der Waals surface area contributed by atoms with Crippen molar-refractivity contribution in [3.8, 4) is 22.2 Å². The van der Waals surface area contributed by atoms with Crippen LogP contribution in [0.2, 0.25) is 0 Å². The number of fused-ring (bicyclic) bond motifs is 3. The number of carbonyl (C=O) groups is 5. The molecule has 2 aliphatic carbocycles. The second-order valence-electron chi connectivity index (χ2n) is 17.7. The lowest BCUT2D eigenvalue weighted by Gasteiger charge is -2.30. The van der Waals surface area contributed by atoms with Crippen LogP contribution in [0.4, 0.5) is 0 Å². The molecule has 2 saturated carbocycles. The molecule has 0 radical (unpaired) electrons. The lowest BCUT2D eigenvalue weighted by Crippen LogP contribution is -2.58. The van der Waals surface area contributed by atoms with Crippen LogP contribution in [0.3, 0.4) is 0 Å². The van der Waals surface area contributed by atoms with Crippen molar-refractivity contribution in [3.05, 3.63) is 47.0 Å². The second kappa shape index (κ2) is 17.0. The van der Waals surface area contributed by atoms with E-state index in [-0.39, 0.29) is 31.7 Å². The van der Waals surface area contributed by atoms with Gasteiger partial charge in [-0.2, -0.15) is 0 Å². The number of sulfonamides is 1. The molecule has 4 amide bonds. The van der Waals surface area contributed by atoms with Crippen molar-refractivity contribution < 1.29 is 46.6 Å². The minimum Gasteiger partial charge on any atom is -0.496 e. The molecule has 4 heterocycles. The highest BCUT2D eigenvalue weighted by atomic mass is 32.2. The zero-order valence-corrected chi connectivity index (χ0v) is 37.2. The Balaban J connectivity index is 1.26. The second-order valence-corrected chi connectivity index (χ2v) is 20.5. The van der Waals surface area contributed by atoms with Crippen molar-refractivity contribution in [2.45, 2.75) is 133 Å². The molecule has 2 aliphatic heterocycles. The number of aromatic nitrogens is 2. The molecule has 5 atom stereocenters. The zero-order chi connectivity index (χ0) is 44.0. The molecule has 61 heavy (non-hydrogen) atoms. The van der Waals surface area contributed by atoms with Gasteiger partial charge >= 0.3 is 5.97 Å². The fraction of sp³-hybridized carbons (Fsp3) is 0.558. The minimum atomic E-state index is -3.96. The fourth-order valence-corrected chi connectivity index (χ4v) is 10.2. The number of allylic oxidation sites excluding steroid dienone is 1. The van der Waals surface area contributed by atoms with Crippen molar-refractivity contribution in [1.82, 2.24) is 30.2 Å². The largest absolute Gasteiger partial charge is 0.496 e. The number of carbonyl (C=O) groups excluding carboxylic acids is 5. The molecule has 0 spiro atoms. The standard InChI is InChI=1S/C43H54N6O10S2/c1-23(2)31-22-60-39(46-31)29-18-34(28-15-16-33(57-7)24(3)37(28)45-29)58-26-17-32-38(52)47-43(41(54)48-61(55,56)27-13-14-27)20-25(43)11-9-8-10-12-35(50)44-30(40(53)49(32)21-26)19-36(51)59-42(4,5)6/h9,11,15-16,18,22-23,25-27,30,32H,8,10,12-14,17,19-21H2,1-7H3,(H,44,50)(H,47,52)(H,48,54)/b11-9-/t25?,26-,30+,32+,43-/m1/s1. The van der Waals surface area contributed by atoms with Crippen LogP contribution in [0, 0.1) is 12.8 Å². The lowest BCUT2D eigenvalue weighted by molar-refractivity contribution is -0.157. The first kappa shape index (κ1) is 44.0. The van der Waals surface area contributed by atoms with Crippen LogP contribution in [0.1, 0.15) is 103 Å². The molecule has 328 valence electrons. The van der Waals surface area contributed by atoms with Crippen LogP contribution in [-0.2, 0) is 38.7 Å². The summed E-state index contributed by atoms with van der Waals surface area (Å²) in [7, 11) is -2.38. The van der Waals surface area contributed by atoms with Gasteiger partial charge in [0.1, 0.15) is 51.5 Å². The smallest absolute Gasteiger partial charge is 0.308 e. The van der Waals surface area contributed by atoms with Crippen LogP contribution in [0.5, 0.6) is 11.5 Å². The highest BCUT2D eigenvalue weighted by Gasteiger charge is 2.62. The van der Waals surface area contributed by atoms with Gasteiger partial charge in [0, 0.05) is 41.2 Å². The predicted octanol–water partition coefficient (Wildman–Crippen LogP) is 4.59. The number of esters is 1. The first-order valence-electron chi connectivity index (χ1n) is 20.8. The van der Waals surface area contributed by atoms with Gasteiger partial charge in [-0.3, -0.25) is 28.7 Å². The number of pyridine rings is 1. The van der Waals surface area contributed by atoms with Gasteiger partial charge < -0.3 is 29.7 Å². The lowest BCUT2D eigenvalue weighted by atomic mass is 10.1. The SMILES string of the molecule is COc1ccc2c(O[C@@H]3C[C@H]4C(=O)N[C@]5(C(=O)NS(=O)(=O)C6CC6)CC5/C=C\CCCC(=O)N[C@@H](CC(=O)OC(C)(C)C)C(=O)N4C3)cc(-c3nc(C(C)C)cs3)nc2c1C. The summed E-state index contributed by atoms with van der Waals surface area (Å²) in [4.78, 5) is 80.8. The number of hydrogen-bond donors (Lipinski definition) is 3. The van der Waals surface area contributed by atoms with Crippen LogP contribution < -0.4 is 24.8 Å². The van der Waals surface area contributed by atoms with Crippen LogP contribution in [0.25, 0.3) is 21.6 Å². The summed E-state index contributed by atoms with van der Waals surface area (Å²) in [5.41, 5.74) is 0.369. The Hall–Kier alpha value is -5.10. The average Bonchev–Trinajstić information content (AvgIpc) is 4.06. The summed E-state index contributed by atoms with van der Waals surface area (Å²) < 4.78 is 46.0. The number of aryl methyl sites for hydroxylation is 1. The number of benzene rings is 1. The number of ether oxygens (including phenoxy) is 3. The number of nitrogens with zero attached hydrogens (tertiary/aromatic N) is 3. The van der Waals surface area contributed by atoms with E-state index in [2.05, 4.69) is 29.2 Å². The minimum absolute atomic E-state index is 0.0319. The molecule has 18 heteroatoms. The van der Waals surface area contributed by atoms with Crippen molar-refractivity contribution >= 4 is 61.9 Å². The number of amides is 4.